The van der Waals surface area contributed by atoms with E-state index in [1.165, 1.54) is 0 Å². The molecule has 0 amide bonds. The number of ether oxygens (including phenoxy) is 1. The van der Waals surface area contributed by atoms with Crippen molar-refractivity contribution in [3.63, 3.8) is 0 Å². The van der Waals surface area contributed by atoms with Gasteiger partial charge >= 0.3 is 0 Å². The normalized spacial score (nSPS) is 34.1. The van der Waals surface area contributed by atoms with Gasteiger partial charge in [0.1, 0.15) is 0 Å². The molecule has 0 aromatic carbocycles. The third kappa shape index (κ3) is 1.93. The van der Waals surface area contributed by atoms with Gasteiger partial charge in [-0.05, 0) is 20.3 Å². The van der Waals surface area contributed by atoms with Gasteiger partial charge in [-0.15, -0.1) is 0 Å². The van der Waals surface area contributed by atoms with Gasteiger partial charge in [0.2, 0.25) is 0 Å². The number of nitrogens with zero attached hydrogens (tertiary/aromatic N) is 1. The number of hydrogen-bond acceptors (Lipinski definition) is 3. The Morgan fingerprint density at radius 2 is 2.27 bits per heavy atom. The molecule has 0 unspecified atom stereocenters. The molecule has 0 spiro atoms. The van der Waals surface area contributed by atoms with E-state index in [9.17, 15) is 0 Å². The van der Waals surface area contributed by atoms with Gasteiger partial charge in [0.25, 0.3) is 0 Å². The Labute approximate surface area is 67.0 Å². The van der Waals surface area contributed by atoms with Crippen LogP contribution in [0.4, 0.5) is 0 Å². The maximum Gasteiger partial charge on any atom is 0.0891 e. The molecule has 0 radical (unpaired) electrons. The van der Waals surface area contributed by atoms with Crippen LogP contribution in [0.1, 0.15) is 27.2 Å². The van der Waals surface area contributed by atoms with Crippen molar-refractivity contribution < 1.29 is 9.94 Å². The Kier molecular flexibility index (Phi) is 2.18. The summed E-state index contributed by atoms with van der Waals surface area (Å²) in [5, 5.41) is 11.7. The van der Waals surface area contributed by atoms with Gasteiger partial charge in [0.05, 0.1) is 17.9 Å². The molecule has 0 aromatic heterocycles. The molecule has 64 valence electrons. The Bertz CT molecular complexity index is 175. The highest BCUT2D eigenvalue weighted by atomic mass is 16.5. The largest absolute Gasteiger partial charge is 0.411 e. The fraction of sp³-hybridized carbons (Fsp3) is 0.875. The molecule has 3 heteroatoms. The average Bonchev–Trinajstić information content (AvgIpc) is 1.86. The van der Waals surface area contributed by atoms with Crippen LogP contribution in [0.15, 0.2) is 5.16 Å². The predicted molar refractivity (Wildman–Crippen MR) is 43.0 cm³/mol. The van der Waals surface area contributed by atoms with Crippen LogP contribution in [0, 0.1) is 5.92 Å². The average molecular weight is 157 g/mol. The van der Waals surface area contributed by atoms with E-state index in [4.69, 9.17) is 9.94 Å². The molecule has 3 nitrogen and oxygen atoms in total. The first-order chi connectivity index (χ1) is 5.05. The molecule has 1 aliphatic heterocycles. The van der Waals surface area contributed by atoms with Gasteiger partial charge < -0.3 is 9.94 Å². The summed E-state index contributed by atoms with van der Waals surface area (Å²) in [6.45, 7) is 6.62. The number of oxime groups is 1. The topological polar surface area (TPSA) is 41.8 Å². The Morgan fingerprint density at radius 1 is 1.64 bits per heavy atom. The molecule has 0 bridgehead atoms. The summed E-state index contributed by atoms with van der Waals surface area (Å²) in [5.74, 6) is 0.337. The first-order valence-electron chi connectivity index (χ1n) is 3.90. The first-order valence-corrected chi connectivity index (χ1v) is 3.90. The summed E-state index contributed by atoms with van der Waals surface area (Å²) < 4.78 is 5.45. The van der Waals surface area contributed by atoms with Crippen LogP contribution in [0.25, 0.3) is 0 Å². The second-order valence-electron chi connectivity index (χ2n) is 3.74. The zero-order chi connectivity index (χ0) is 8.48. The molecule has 0 aliphatic carbocycles. The highest BCUT2D eigenvalue weighted by molar-refractivity contribution is 5.87. The van der Waals surface area contributed by atoms with Gasteiger partial charge in [0.15, 0.2) is 0 Å². The molecular formula is C8H15NO2. The van der Waals surface area contributed by atoms with Crippen LogP contribution < -0.4 is 0 Å². The zero-order valence-electron chi connectivity index (χ0n) is 7.29. The minimum absolute atomic E-state index is 0.0619. The molecule has 1 saturated heterocycles. The molecule has 1 heterocycles. The lowest BCUT2D eigenvalue weighted by Gasteiger charge is -2.34. The van der Waals surface area contributed by atoms with Crippen LogP contribution in [0.3, 0.4) is 0 Å². The van der Waals surface area contributed by atoms with E-state index in [1.54, 1.807) is 0 Å². The summed E-state index contributed by atoms with van der Waals surface area (Å²) in [6.07, 6.45) is 0.923. The van der Waals surface area contributed by atoms with Crippen LogP contribution in [0.2, 0.25) is 0 Å². The molecule has 1 atom stereocenters. The maximum absolute atomic E-state index is 8.54. The molecule has 1 rings (SSSR count). The molecule has 0 saturated carbocycles. The summed E-state index contributed by atoms with van der Waals surface area (Å²) >= 11 is 0. The Balaban J connectivity index is 2.62. The van der Waals surface area contributed by atoms with Crippen molar-refractivity contribution in [1.82, 2.24) is 0 Å². The van der Waals surface area contributed by atoms with Crippen LogP contribution >= 0.6 is 0 Å². The molecule has 1 aliphatic rings. The van der Waals surface area contributed by atoms with Crippen molar-refractivity contribution in [2.24, 2.45) is 11.1 Å². The van der Waals surface area contributed by atoms with E-state index in [0.717, 1.165) is 12.1 Å². The van der Waals surface area contributed by atoms with Crippen molar-refractivity contribution in [1.29, 1.82) is 0 Å². The lowest BCUT2D eigenvalue weighted by Crippen LogP contribution is -2.39. The number of hydrogen-bond donors (Lipinski definition) is 1. The van der Waals surface area contributed by atoms with Crippen molar-refractivity contribution >= 4 is 5.71 Å². The Morgan fingerprint density at radius 3 is 2.73 bits per heavy atom. The molecule has 1 N–H and O–H groups in total. The molecular weight excluding hydrogens is 142 g/mol. The molecule has 11 heavy (non-hydrogen) atoms. The second kappa shape index (κ2) is 2.81. The third-order valence-electron chi connectivity index (χ3n) is 2.11. The minimum Gasteiger partial charge on any atom is -0.411 e. The summed E-state index contributed by atoms with van der Waals surface area (Å²) in [4.78, 5) is 0. The van der Waals surface area contributed by atoms with Gasteiger partial charge in [0, 0.05) is 5.92 Å². The van der Waals surface area contributed by atoms with Gasteiger partial charge in [-0.3, -0.25) is 0 Å². The monoisotopic (exact) mass is 157 g/mol. The highest BCUT2D eigenvalue weighted by Crippen LogP contribution is 2.26. The predicted octanol–water partition coefficient (Wildman–Crippen LogP) is 1.65. The van der Waals surface area contributed by atoms with Crippen molar-refractivity contribution in [3.05, 3.63) is 0 Å². The lowest BCUT2D eigenvalue weighted by atomic mass is 9.89. The van der Waals surface area contributed by atoms with E-state index in [2.05, 4.69) is 25.9 Å². The van der Waals surface area contributed by atoms with Crippen LogP contribution in [-0.4, -0.2) is 23.1 Å². The molecule has 1 fully saturated rings. The van der Waals surface area contributed by atoms with E-state index >= 15 is 0 Å². The third-order valence-corrected chi connectivity index (χ3v) is 2.11. The van der Waals surface area contributed by atoms with Crippen molar-refractivity contribution in [3.8, 4) is 0 Å². The van der Waals surface area contributed by atoms with E-state index in [0.29, 0.717) is 12.5 Å². The second-order valence-corrected chi connectivity index (χ2v) is 3.74. The fourth-order valence-electron chi connectivity index (χ4n) is 1.45. The quantitative estimate of drug-likeness (QED) is 0.429. The highest BCUT2D eigenvalue weighted by Gasteiger charge is 2.30. The van der Waals surface area contributed by atoms with Crippen molar-refractivity contribution in [2.75, 3.05) is 6.61 Å². The van der Waals surface area contributed by atoms with Crippen molar-refractivity contribution in [2.45, 2.75) is 32.8 Å². The summed E-state index contributed by atoms with van der Waals surface area (Å²) in [5.41, 5.74) is 0.692. The minimum atomic E-state index is -0.0619. The van der Waals surface area contributed by atoms with Gasteiger partial charge in [-0.1, -0.05) is 12.1 Å². The van der Waals surface area contributed by atoms with Crippen LogP contribution in [-0.2, 0) is 4.74 Å². The number of rotatable bonds is 0. The maximum atomic E-state index is 8.54. The molecule has 0 aromatic rings. The summed E-state index contributed by atoms with van der Waals surface area (Å²) in [6, 6.07) is 0. The Hall–Kier alpha value is -0.570. The SMILES string of the molecule is C[C@@H]1CC(C)(C)OC/C1=N\O. The van der Waals surface area contributed by atoms with E-state index in [-0.39, 0.29) is 5.60 Å². The standard InChI is InChI=1S/C8H15NO2/c1-6-4-8(2,3)11-5-7(6)9-10/h6,10H,4-5H2,1-3H3/b9-7+/t6-/m1/s1. The smallest absolute Gasteiger partial charge is 0.0891 e. The van der Waals surface area contributed by atoms with Gasteiger partial charge in [-0.2, -0.15) is 0 Å². The van der Waals surface area contributed by atoms with Crippen LogP contribution in [0.5, 0.6) is 0 Å². The van der Waals surface area contributed by atoms with Gasteiger partial charge in [-0.25, -0.2) is 0 Å². The fourth-order valence-corrected chi connectivity index (χ4v) is 1.45. The zero-order valence-corrected chi connectivity index (χ0v) is 7.29. The first kappa shape index (κ1) is 8.53. The van der Waals surface area contributed by atoms with E-state index in [1.807, 2.05) is 0 Å². The lowest BCUT2D eigenvalue weighted by molar-refractivity contribution is -0.0248. The van der Waals surface area contributed by atoms with E-state index < -0.39 is 0 Å². The summed E-state index contributed by atoms with van der Waals surface area (Å²) in [7, 11) is 0.